The first-order valence-electron chi connectivity index (χ1n) is 8.87. The number of halogens is 3. The van der Waals surface area contributed by atoms with Crippen LogP contribution in [0.25, 0.3) is 11.0 Å². The number of nitrogens with one attached hydrogen (secondary N) is 2. The molecule has 28 heavy (non-hydrogen) atoms. The number of hydrogen-bond donors (Lipinski definition) is 2. The van der Waals surface area contributed by atoms with Gasteiger partial charge in [0.05, 0.1) is 22.9 Å². The van der Waals surface area contributed by atoms with Crippen molar-refractivity contribution in [2.24, 2.45) is 0 Å². The first-order chi connectivity index (χ1) is 13.5. The van der Waals surface area contributed by atoms with Crippen LogP contribution in [0.2, 0.25) is 0 Å². The van der Waals surface area contributed by atoms with Crippen LogP contribution < -0.4 is 15.4 Å². The third kappa shape index (κ3) is 3.99. The number of nitrogens with zero attached hydrogens (tertiary/aromatic N) is 3. The summed E-state index contributed by atoms with van der Waals surface area (Å²) in [6.45, 7) is 1.54. The van der Waals surface area contributed by atoms with Crippen molar-refractivity contribution in [2.75, 3.05) is 18.4 Å². The van der Waals surface area contributed by atoms with Crippen LogP contribution in [0.5, 0.6) is 5.75 Å². The van der Waals surface area contributed by atoms with Crippen molar-refractivity contribution in [2.45, 2.75) is 25.2 Å². The fourth-order valence-electron chi connectivity index (χ4n) is 3.12. The van der Waals surface area contributed by atoms with Crippen molar-refractivity contribution in [3.05, 3.63) is 54.1 Å². The molecule has 0 radical (unpaired) electrons. The van der Waals surface area contributed by atoms with Gasteiger partial charge >= 0.3 is 6.18 Å². The van der Waals surface area contributed by atoms with Crippen molar-refractivity contribution in [1.29, 1.82) is 0 Å². The lowest BCUT2D eigenvalue weighted by atomic mass is 10.1. The zero-order valence-electron chi connectivity index (χ0n) is 14.8. The van der Waals surface area contributed by atoms with E-state index in [0.717, 1.165) is 29.3 Å². The molecule has 0 amide bonds. The van der Waals surface area contributed by atoms with Crippen molar-refractivity contribution >= 4 is 16.7 Å². The van der Waals surface area contributed by atoms with Crippen LogP contribution in [0.4, 0.5) is 18.9 Å². The second-order valence-electron chi connectivity index (χ2n) is 6.53. The highest BCUT2D eigenvalue weighted by molar-refractivity contribution is 5.74. The molecule has 0 unspecified atom stereocenters. The Morgan fingerprint density at radius 1 is 1.14 bits per heavy atom. The van der Waals surface area contributed by atoms with Crippen molar-refractivity contribution in [3.8, 4) is 5.75 Å². The summed E-state index contributed by atoms with van der Waals surface area (Å²) in [5, 5.41) is 6.11. The SMILES string of the molecule is FC(F)(F)c1cncc(NCc2ccc3nccnc3c2)c1O[C@@H]1CCNC1. The van der Waals surface area contributed by atoms with Crippen LogP contribution in [-0.2, 0) is 12.7 Å². The molecular formula is C19H18F3N5O. The van der Waals surface area contributed by atoms with Gasteiger partial charge in [-0.3, -0.25) is 15.0 Å². The number of aromatic nitrogens is 3. The van der Waals surface area contributed by atoms with Crippen molar-refractivity contribution < 1.29 is 17.9 Å². The minimum atomic E-state index is -4.55. The number of alkyl halides is 3. The van der Waals surface area contributed by atoms with E-state index in [1.165, 1.54) is 6.20 Å². The van der Waals surface area contributed by atoms with Gasteiger partial charge in [0.15, 0.2) is 5.75 Å². The Kier molecular flexibility index (Phi) is 4.99. The minimum Gasteiger partial charge on any atom is -0.486 e. The molecule has 6 nitrogen and oxygen atoms in total. The van der Waals surface area contributed by atoms with Gasteiger partial charge in [0.1, 0.15) is 11.7 Å². The fourth-order valence-corrected chi connectivity index (χ4v) is 3.12. The zero-order valence-corrected chi connectivity index (χ0v) is 14.8. The molecule has 1 aliphatic rings. The summed E-state index contributed by atoms with van der Waals surface area (Å²) in [5.74, 6) is -0.211. The normalized spacial score (nSPS) is 17.0. The third-order valence-electron chi connectivity index (χ3n) is 4.52. The molecule has 0 spiro atoms. The molecule has 1 aromatic carbocycles. The van der Waals surface area contributed by atoms with Crippen LogP contribution in [0.15, 0.2) is 43.0 Å². The van der Waals surface area contributed by atoms with Gasteiger partial charge < -0.3 is 15.4 Å². The van der Waals surface area contributed by atoms with Gasteiger partial charge in [-0.15, -0.1) is 0 Å². The summed E-state index contributed by atoms with van der Waals surface area (Å²) in [6, 6.07) is 5.52. The summed E-state index contributed by atoms with van der Waals surface area (Å²) in [6.07, 6.45) is 1.16. The standard InChI is InChI=1S/C19H18F3N5O/c20-19(21,22)14-10-24-11-17(18(14)28-13-3-4-23-9-13)27-8-12-1-2-15-16(7-12)26-6-5-25-15/h1-2,5-7,10-11,13,23,27H,3-4,8-9H2/t13-/m1/s1. The average Bonchev–Trinajstić information content (AvgIpc) is 3.19. The van der Waals surface area contributed by atoms with Gasteiger partial charge in [0.2, 0.25) is 0 Å². The van der Waals surface area contributed by atoms with E-state index in [4.69, 9.17) is 4.74 Å². The Labute approximate surface area is 159 Å². The monoisotopic (exact) mass is 389 g/mol. The Hall–Kier alpha value is -2.94. The molecule has 9 heteroatoms. The molecule has 1 atom stereocenters. The van der Waals surface area contributed by atoms with Gasteiger partial charge in [-0.1, -0.05) is 6.07 Å². The zero-order chi connectivity index (χ0) is 19.6. The summed E-state index contributed by atoms with van der Waals surface area (Å²) >= 11 is 0. The summed E-state index contributed by atoms with van der Waals surface area (Å²) in [7, 11) is 0. The highest BCUT2D eigenvalue weighted by Gasteiger charge is 2.37. The molecular weight excluding hydrogens is 371 g/mol. The Balaban J connectivity index is 1.60. The maximum absolute atomic E-state index is 13.5. The van der Waals surface area contributed by atoms with Crippen molar-refractivity contribution in [3.63, 3.8) is 0 Å². The second-order valence-corrected chi connectivity index (χ2v) is 6.53. The number of hydrogen-bond acceptors (Lipinski definition) is 6. The van der Waals surface area contributed by atoms with Crippen LogP contribution in [-0.4, -0.2) is 34.1 Å². The van der Waals surface area contributed by atoms with E-state index in [2.05, 4.69) is 25.6 Å². The second kappa shape index (κ2) is 7.59. The summed E-state index contributed by atoms with van der Waals surface area (Å²) in [4.78, 5) is 12.2. The highest BCUT2D eigenvalue weighted by atomic mass is 19.4. The summed E-state index contributed by atoms with van der Waals surface area (Å²) < 4.78 is 46.1. The Bertz CT molecular complexity index is 973. The number of benzene rings is 1. The topological polar surface area (TPSA) is 72.0 Å². The minimum absolute atomic E-state index is 0.209. The van der Waals surface area contributed by atoms with Crippen LogP contribution in [0.1, 0.15) is 17.5 Å². The quantitative estimate of drug-likeness (QED) is 0.697. The van der Waals surface area contributed by atoms with Gasteiger partial charge in [-0.25, -0.2) is 0 Å². The molecule has 1 saturated heterocycles. The number of ether oxygens (including phenoxy) is 1. The molecule has 1 fully saturated rings. The lowest BCUT2D eigenvalue weighted by molar-refractivity contribution is -0.139. The molecule has 0 aliphatic carbocycles. The molecule has 0 bridgehead atoms. The van der Waals surface area contributed by atoms with Crippen LogP contribution in [0, 0.1) is 0 Å². The highest BCUT2D eigenvalue weighted by Crippen LogP contribution is 2.40. The molecule has 3 heterocycles. The van der Waals surface area contributed by atoms with Crippen molar-refractivity contribution in [1.82, 2.24) is 20.3 Å². The molecule has 1 aliphatic heterocycles. The predicted octanol–water partition coefficient (Wildman–Crippen LogP) is 3.40. The van der Waals surface area contributed by atoms with E-state index < -0.39 is 11.7 Å². The average molecular weight is 389 g/mol. The van der Waals surface area contributed by atoms with E-state index in [1.54, 1.807) is 12.4 Å². The van der Waals surface area contributed by atoms with E-state index in [1.807, 2.05) is 18.2 Å². The predicted molar refractivity (Wildman–Crippen MR) is 98.0 cm³/mol. The van der Waals surface area contributed by atoms with Gasteiger partial charge in [-0.2, -0.15) is 13.2 Å². The lowest BCUT2D eigenvalue weighted by Gasteiger charge is -2.21. The third-order valence-corrected chi connectivity index (χ3v) is 4.52. The van der Waals surface area contributed by atoms with Gasteiger partial charge in [0.25, 0.3) is 0 Å². The Morgan fingerprint density at radius 2 is 1.96 bits per heavy atom. The van der Waals surface area contributed by atoms with Gasteiger partial charge in [0, 0.05) is 31.7 Å². The van der Waals surface area contributed by atoms with E-state index in [9.17, 15) is 13.2 Å². The van der Waals surface area contributed by atoms with Crippen LogP contribution >= 0.6 is 0 Å². The number of anilines is 1. The smallest absolute Gasteiger partial charge is 0.421 e. The van der Waals surface area contributed by atoms with E-state index >= 15 is 0 Å². The maximum atomic E-state index is 13.5. The fraction of sp³-hybridized carbons (Fsp3) is 0.316. The molecule has 146 valence electrons. The molecule has 2 aromatic heterocycles. The first kappa shape index (κ1) is 18.4. The number of pyridine rings is 1. The lowest BCUT2D eigenvalue weighted by Crippen LogP contribution is -2.22. The number of rotatable bonds is 5. The molecule has 0 saturated carbocycles. The molecule has 4 rings (SSSR count). The maximum Gasteiger partial charge on any atom is 0.421 e. The largest absolute Gasteiger partial charge is 0.486 e. The summed E-state index contributed by atoms with van der Waals surface area (Å²) in [5.41, 5.74) is 1.66. The Morgan fingerprint density at radius 3 is 2.71 bits per heavy atom. The number of fused-ring (bicyclic) bond motifs is 1. The molecule has 3 aromatic rings. The van der Waals surface area contributed by atoms with E-state index in [0.29, 0.717) is 19.5 Å². The van der Waals surface area contributed by atoms with E-state index in [-0.39, 0.29) is 17.5 Å². The van der Waals surface area contributed by atoms with Gasteiger partial charge in [-0.05, 0) is 30.7 Å². The molecule has 2 N–H and O–H groups in total. The first-order valence-corrected chi connectivity index (χ1v) is 8.87. The van der Waals surface area contributed by atoms with Crippen LogP contribution in [0.3, 0.4) is 0 Å².